The summed E-state index contributed by atoms with van der Waals surface area (Å²) in [6.07, 6.45) is 5.38. The van der Waals surface area contributed by atoms with Crippen LogP contribution in [0.5, 0.6) is 0 Å². The molecule has 4 rings (SSSR count). The van der Waals surface area contributed by atoms with Crippen molar-refractivity contribution in [1.82, 2.24) is 10.3 Å². The smallest absolute Gasteiger partial charge is 0.262 e. The van der Waals surface area contributed by atoms with Crippen molar-refractivity contribution in [3.05, 3.63) is 57.8 Å². The first-order valence-electron chi connectivity index (χ1n) is 8.64. The molecule has 0 aliphatic carbocycles. The Hall–Kier alpha value is -1.58. The van der Waals surface area contributed by atoms with Gasteiger partial charge in [-0.1, -0.05) is 12.1 Å². The zero-order valence-electron chi connectivity index (χ0n) is 14.1. The van der Waals surface area contributed by atoms with Gasteiger partial charge in [-0.05, 0) is 84.3 Å². The molecule has 2 aromatic carbocycles. The number of nitrogens with one attached hydrogen (secondary N) is 3. The van der Waals surface area contributed by atoms with E-state index >= 15 is 0 Å². The summed E-state index contributed by atoms with van der Waals surface area (Å²) in [5.41, 5.74) is 2.82. The quantitative estimate of drug-likeness (QED) is 0.485. The summed E-state index contributed by atoms with van der Waals surface area (Å²) >= 11 is 2.04. The number of hydrogen-bond acceptors (Lipinski definition) is 3. The summed E-state index contributed by atoms with van der Waals surface area (Å²) < 4.78 is 28.9. The number of anilines is 1. The first-order chi connectivity index (χ1) is 12.5. The third-order valence-corrected chi connectivity index (χ3v) is 7.52. The number of hydrogen-bond donors (Lipinski definition) is 3. The maximum absolute atomic E-state index is 12.7. The van der Waals surface area contributed by atoms with Crippen LogP contribution in [0.3, 0.4) is 0 Å². The van der Waals surface area contributed by atoms with E-state index < -0.39 is 10.0 Å². The van der Waals surface area contributed by atoms with Crippen LogP contribution in [-0.2, 0) is 16.4 Å². The van der Waals surface area contributed by atoms with Gasteiger partial charge in [0.15, 0.2) is 0 Å². The maximum Gasteiger partial charge on any atom is 0.262 e. The Morgan fingerprint density at radius 3 is 2.81 bits per heavy atom. The summed E-state index contributed by atoms with van der Waals surface area (Å²) in [6, 6.07) is 13.1. The number of halogens is 1. The van der Waals surface area contributed by atoms with E-state index in [9.17, 15) is 8.42 Å². The third-order valence-electron chi connectivity index (χ3n) is 4.77. The highest BCUT2D eigenvalue weighted by Crippen LogP contribution is 2.27. The van der Waals surface area contributed by atoms with Crippen LogP contribution in [-0.4, -0.2) is 26.0 Å². The van der Waals surface area contributed by atoms with Crippen LogP contribution in [0.25, 0.3) is 10.9 Å². The van der Waals surface area contributed by atoms with Crippen molar-refractivity contribution in [1.29, 1.82) is 0 Å². The predicted molar refractivity (Wildman–Crippen MR) is 113 cm³/mol. The lowest BCUT2D eigenvalue weighted by Crippen LogP contribution is -2.23. The molecule has 1 fully saturated rings. The van der Waals surface area contributed by atoms with Crippen molar-refractivity contribution in [2.45, 2.75) is 30.2 Å². The fourth-order valence-corrected chi connectivity index (χ4v) is 5.87. The van der Waals surface area contributed by atoms with Crippen LogP contribution in [0.2, 0.25) is 0 Å². The molecule has 3 aromatic rings. The first kappa shape index (κ1) is 17.8. The predicted octanol–water partition coefficient (Wildman–Crippen LogP) is 3.87. The molecule has 5 nitrogen and oxygen atoms in total. The second-order valence-electron chi connectivity index (χ2n) is 6.61. The maximum atomic E-state index is 12.7. The Bertz CT molecular complexity index is 1040. The minimum Gasteiger partial charge on any atom is -0.361 e. The number of H-pyrrole nitrogens is 1. The van der Waals surface area contributed by atoms with E-state index in [2.05, 4.69) is 15.0 Å². The van der Waals surface area contributed by atoms with Gasteiger partial charge < -0.3 is 10.3 Å². The number of rotatable bonds is 5. The SMILES string of the molecule is O=S(=O)(Nc1ccc2[nH]cc(C[C@H]3CCCN3)c2c1)c1ccccc1I. The Morgan fingerprint density at radius 2 is 2.04 bits per heavy atom. The van der Waals surface area contributed by atoms with Crippen LogP contribution in [0, 0.1) is 3.57 Å². The summed E-state index contributed by atoms with van der Waals surface area (Å²) in [5.74, 6) is 0. The van der Waals surface area contributed by atoms with Crippen molar-refractivity contribution in [3.8, 4) is 0 Å². The van der Waals surface area contributed by atoms with Crippen molar-refractivity contribution in [3.63, 3.8) is 0 Å². The number of sulfonamides is 1. The average molecular weight is 481 g/mol. The Balaban J connectivity index is 1.63. The van der Waals surface area contributed by atoms with Gasteiger partial charge in [-0.2, -0.15) is 0 Å². The van der Waals surface area contributed by atoms with Crippen LogP contribution < -0.4 is 10.0 Å². The van der Waals surface area contributed by atoms with E-state index in [1.807, 2.05) is 47.0 Å². The molecule has 2 heterocycles. The molecule has 0 unspecified atom stereocenters. The van der Waals surface area contributed by atoms with Crippen LogP contribution >= 0.6 is 22.6 Å². The Kier molecular flexibility index (Phi) is 4.94. The first-order valence-corrected chi connectivity index (χ1v) is 11.2. The number of fused-ring (bicyclic) bond motifs is 1. The van der Waals surface area contributed by atoms with Gasteiger partial charge in [-0.15, -0.1) is 0 Å². The molecule has 0 radical (unpaired) electrons. The van der Waals surface area contributed by atoms with E-state index in [0.717, 1.165) is 23.9 Å². The van der Waals surface area contributed by atoms with Crippen molar-refractivity contribution >= 4 is 49.2 Å². The van der Waals surface area contributed by atoms with Crippen LogP contribution in [0.1, 0.15) is 18.4 Å². The normalized spacial score (nSPS) is 17.7. The number of aromatic nitrogens is 1. The van der Waals surface area contributed by atoms with Crippen molar-refractivity contribution in [2.24, 2.45) is 0 Å². The summed E-state index contributed by atoms with van der Waals surface area (Å²) in [7, 11) is -3.61. The van der Waals surface area contributed by atoms with E-state index in [4.69, 9.17) is 0 Å². The van der Waals surface area contributed by atoms with Crippen molar-refractivity contribution in [2.75, 3.05) is 11.3 Å². The molecular weight excluding hydrogens is 461 g/mol. The highest BCUT2D eigenvalue weighted by atomic mass is 127. The zero-order valence-corrected chi connectivity index (χ0v) is 17.1. The van der Waals surface area contributed by atoms with Crippen molar-refractivity contribution < 1.29 is 8.42 Å². The number of aromatic amines is 1. The molecule has 1 aromatic heterocycles. The van der Waals surface area contributed by atoms with Crippen LogP contribution in [0.15, 0.2) is 53.6 Å². The monoisotopic (exact) mass is 481 g/mol. The molecule has 0 spiro atoms. The van der Waals surface area contributed by atoms with Gasteiger partial charge in [0, 0.05) is 32.4 Å². The lowest BCUT2D eigenvalue weighted by atomic mass is 10.0. The lowest BCUT2D eigenvalue weighted by Gasteiger charge is -2.11. The molecule has 0 saturated carbocycles. The van der Waals surface area contributed by atoms with Gasteiger partial charge in [0.05, 0.1) is 0 Å². The molecular formula is C19H20IN3O2S. The summed E-state index contributed by atoms with van der Waals surface area (Å²) in [6.45, 7) is 1.08. The minimum atomic E-state index is -3.61. The summed E-state index contributed by atoms with van der Waals surface area (Å²) in [4.78, 5) is 3.58. The van der Waals surface area contributed by atoms with Gasteiger partial charge in [0.2, 0.25) is 0 Å². The van der Waals surface area contributed by atoms with E-state index in [-0.39, 0.29) is 0 Å². The highest BCUT2D eigenvalue weighted by Gasteiger charge is 2.19. The van der Waals surface area contributed by atoms with E-state index in [0.29, 0.717) is 20.2 Å². The van der Waals surface area contributed by atoms with E-state index in [1.54, 1.807) is 24.3 Å². The molecule has 7 heteroatoms. The zero-order chi connectivity index (χ0) is 18.1. The molecule has 0 amide bonds. The average Bonchev–Trinajstić information content (AvgIpc) is 3.25. The molecule has 0 bridgehead atoms. The van der Waals surface area contributed by atoms with Gasteiger partial charge in [-0.25, -0.2) is 8.42 Å². The molecule has 1 atom stereocenters. The van der Waals surface area contributed by atoms with Gasteiger partial charge in [0.25, 0.3) is 10.0 Å². The second-order valence-corrected chi connectivity index (χ2v) is 9.42. The molecule has 1 aliphatic heterocycles. The summed E-state index contributed by atoms with van der Waals surface area (Å²) in [5, 5.41) is 4.58. The van der Waals surface area contributed by atoms with Gasteiger partial charge in [-0.3, -0.25) is 4.72 Å². The Morgan fingerprint density at radius 1 is 1.19 bits per heavy atom. The van der Waals surface area contributed by atoms with Gasteiger partial charge >= 0.3 is 0 Å². The molecule has 26 heavy (non-hydrogen) atoms. The standard InChI is InChI=1S/C19H20IN3O2S/c20-17-5-1-2-6-19(17)26(24,25)23-15-7-8-18-16(11-15)13(12-22-18)10-14-4-3-9-21-14/h1-2,5-8,11-12,14,21-23H,3-4,9-10H2/t14-/m1/s1. The molecule has 136 valence electrons. The second kappa shape index (κ2) is 7.21. The van der Waals surface area contributed by atoms with Crippen LogP contribution in [0.4, 0.5) is 5.69 Å². The molecule has 1 saturated heterocycles. The van der Waals surface area contributed by atoms with E-state index in [1.165, 1.54) is 18.4 Å². The minimum absolute atomic E-state index is 0.296. The largest absolute Gasteiger partial charge is 0.361 e. The molecule has 3 N–H and O–H groups in total. The highest BCUT2D eigenvalue weighted by molar-refractivity contribution is 14.1. The van der Waals surface area contributed by atoms with Gasteiger partial charge in [0.1, 0.15) is 4.90 Å². The topological polar surface area (TPSA) is 74.0 Å². The fourth-order valence-electron chi connectivity index (χ4n) is 3.48. The fraction of sp³-hybridized carbons (Fsp3) is 0.263. The Labute approximate surface area is 166 Å². The number of benzene rings is 2. The molecule has 1 aliphatic rings. The lowest BCUT2D eigenvalue weighted by molar-refractivity contribution is 0.600. The third kappa shape index (κ3) is 3.60.